The van der Waals surface area contributed by atoms with Gasteiger partial charge in [-0.3, -0.25) is 9.59 Å². The predicted molar refractivity (Wildman–Crippen MR) is 128 cm³/mol. The van der Waals surface area contributed by atoms with E-state index >= 15 is 0 Å². The molecule has 2 N–H and O–H groups in total. The second kappa shape index (κ2) is 6.86. The zero-order valence-electron chi connectivity index (χ0n) is 19.9. The summed E-state index contributed by atoms with van der Waals surface area (Å²) in [5.74, 6) is 0.580. The van der Waals surface area contributed by atoms with Crippen LogP contribution in [0, 0.1) is 18.0 Å². The van der Waals surface area contributed by atoms with Crippen molar-refractivity contribution in [3.8, 4) is 11.5 Å². The number of ether oxygens (including phenoxy) is 1. The predicted octanol–water partition coefficient (Wildman–Crippen LogP) is 3.28. The number of carbonyl (C=O) groups excluding carboxylic acids is 2. The number of ketones is 1. The van der Waals surface area contributed by atoms with Gasteiger partial charge in [0, 0.05) is 36.3 Å². The fourth-order valence-corrected chi connectivity index (χ4v) is 7.82. The number of benzene rings is 2. The first-order chi connectivity index (χ1) is 16.8. The van der Waals surface area contributed by atoms with Crippen LogP contribution in [-0.2, 0) is 16.6 Å². The summed E-state index contributed by atoms with van der Waals surface area (Å²) in [5.41, 5.74) is 1.65. The van der Waals surface area contributed by atoms with Crippen LogP contribution in [0.5, 0.6) is 11.5 Å². The maximum atomic E-state index is 14.6. The van der Waals surface area contributed by atoms with Gasteiger partial charge in [-0.25, -0.2) is 0 Å². The van der Waals surface area contributed by atoms with E-state index in [1.165, 1.54) is 0 Å². The van der Waals surface area contributed by atoms with Gasteiger partial charge < -0.3 is 25.0 Å². The van der Waals surface area contributed by atoms with Gasteiger partial charge >= 0.3 is 0 Å². The molecule has 2 heterocycles. The number of likely N-dealkylation sites (tertiary alicyclic amines) is 1. The summed E-state index contributed by atoms with van der Waals surface area (Å²) in [4.78, 5) is 27.0. The smallest absolute Gasteiger partial charge is 0.251 e. The number of hydrogen-bond acceptors (Lipinski definition) is 5. The van der Waals surface area contributed by atoms with Crippen LogP contribution in [0.3, 0.4) is 0 Å². The average molecular weight is 475 g/mol. The van der Waals surface area contributed by atoms with E-state index in [9.17, 15) is 19.9 Å². The molecule has 2 aromatic carbocycles. The highest BCUT2D eigenvalue weighted by atomic mass is 16.6. The summed E-state index contributed by atoms with van der Waals surface area (Å²) in [5, 5.41) is 28.7. The first kappa shape index (κ1) is 21.4. The molecule has 7 rings (SSSR count). The molecule has 182 valence electrons. The summed E-state index contributed by atoms with van der Waals surface area (Å²) in [6, 6.07) is 10.5. The van der Waals surface area contributed by atoms with Crippen molar-refractivity contribution >= 4 is 11.7 Å². The lowest BCUT2D eigenvalue weighted by Crippen LogP contribution is -2.85. The molecule has 1 amide bonds. The van der Waals surface area contributed by atoms with Crippen molar-refractivity contribution < 1.29 is 24.1 Å². The molecule has 1 spiro atoms. The Bertz CT molecular complexity index is 1270. The molecule has 35 heavy (non-hydrogen) atoms. The standard InChI is InChI=1S/C28H30N2O5/c1-16-2-6-18(7-3-16)26(33)29-28-11-10-21(32)25-27(28)12-13-30(34,15-17-4-5-17)22(28)14-19-8-9-20(31)24(35-25)23(19)27/h2-3,6-9,17,22,25,31H,4-5,10-15H2,1H3,(H,29,33)/t22-,25?,27+,28?,30?/m1/s1. The maximum Gasteiger partial charge on any atom is 0.251 e. The fraction of sp³-hybridized carbons (Fsp3) is 0.500. The van der Waals surface area contributed by atoms with Crippen molar-refractivity contribution in [1.29, 1.82) is 0 Å². The summed E-state index contributed by atoms with van der Waals surface area (Å²) in [6.07, 6.45) is 2.98. The van der Waals surface area contributed by atoms with E-state index in [-0.39, 0.29) is 28.5 Å². The minimum Gasteiger partial charge on any atom is -0.633 e. The summed E-state index contributed by atoms with van der Waals surface area (Å²) >= 11 is 0. The molecule has 0 radical (unpaired) electrons. The Hall–Kier alpha value is -2.90. The molecule has 2 saturated carbocycles. The van der Waals surface area contributed by atoms with Crippen molar-refractivity contribution in [1.82, 2.24) is 5.32 Å². The topological polar surface area (TPSA) is 98.7 Å². The van der Waals surface area contributed by atoms with Crippen LogP contribution in [0.1, 0.15) is 59.2 Å². The fourth-order valence-electron chi connectivity index (χ4n) is 7.82. The van der Waals surface area contributed by atoms with Crippen molar-refractivity contribution in [2.75, 3.05) is 13.1 Å². The summed E-state index contributed by atoms with van der Waals surface area (Å²) < 4.78 is 5.92. The SMILES string of the molecule is Cc1ccc(C(=O)NC23CCC(=O)C4Oc5c(O)ccc6c5[C@@]42CC[N+]([O-])(CC2CC2)[C@@H]3C6)cc1. The van der Waals surface area contributed by atoms with Crippen molar-refractivity contribution in [3.63, 3.8) is 0 Å². The zero-order chi connectivity index (χ0) is 24.2. The lowest BCUT2D eigenvalue weighted by atomic mass is 9.47. The Labute approximate surface area is 204 Å². The van der Waals surface area contributed by atoms with Crippen LogP contribution in [0.15, 0.2) is 36.4 Å². The third-order valence-electron chi connectivity index (χ3n) is 9.56. The van der Waals surface area contributed by atoms with Crippen LogP contribution in [-0.4, -0.2) is 52.2 Å². The molecule has 5 atom stereocenters. The highest BCUT2D eigenvalue weighted by molar-refractivity contribution is 5.96. The van der Waals surface area contributed by atoms with Crippen LogP contribution < -0.4 is 10.1 Å². The molecular weight excluding hydrogens is 444 g/mol. The van der Waals surface area contributed by atoms with Gasteiger partial charge in [0.1, 0.15) is 11.6 Å². The quantitative estimate of drug-likeness (QED) is 0.524. The number of quaternary nitrogens is 1. The molecule has 2 aromatic rings. The summed E-state index contributed by atoms with van der Waals surface area (Å²) in [6.45, 7) is 2.93. The number of nitrogens with zero attached hydrogens (tertiary/aromatic N) is 1. The second-order valence-electron chi connectivity index (χ2n) is 11.4. The number of aromatic hydroxyl groups is 1. The van der Waals surface area contributed by atoms with Crippen LogP contribution in [0.2, 0.25) is 0 Å². The molecule has 0 aromatic heterocycles. The second-order valence-corrected chi connectivity index (χ2v) is 11.4. The Morgan fingerprint density at radius 2 is 1.97 bits per heavy atom. The van der Waals surface area contributed by atoms with Gasteiger partial charge in [-0.05, 0) is 49.9 Å². The molecule has 3 fully saturated rings. The number of hydrogen-bond donors (Lipinski definition) is 2. The number of phenolic OH excluding ortho intramolecular Hbond substituents is 1. The number of aryl methyl sites for hydroxylation is 1. The van der Waals surface area contributed by atoms with Gasteiger partial charge in [-0.1, -0.05) is 23.8 Å². The Morgan fingerprint density at radius 1 is 1.20 bits per heavy atom. The molecular formula is C28H30N2O5. The third-order valence-corrected chi connectivity index (χ3v) is 9.56. The van der Waals surface area contributed by atoms with E-state index < -0.39 is 23.1 Å². The van der Waals surface area contributed by atoms with E-state index in [0.717, 1.165) is 29.5 Å². The maximum absolute atomic E-state index is 14.6. The molecule has 3 aliphatic carbocycles. The van der Waals surface area contributed by atoms with Gasteiger partial charge in [-0.2, -0.15) is 0 Å². The Morgan fingerprint density at radius 3 is 2.71 bits per heavy atom. The number of hydroxylamine groups is 3. The Balaban J connectivity index is 1.44. The van der Waals surface area contributed by atoms with Gasteiger partial charge in [0.25, 0.3) is 5.91 Å². The Kier molecular flexibility index (Phi) is 4.19. The molecule has 3 unspecified atom stereocenters. The zero-order valence-corrected chi connectivity index (χ0v) is 19.9. The van der Waals surface area contributed by atoms with Crippen LogP contribution in [0.4, 0.5) is 0 Å². The van der Waals surface area contributed by atoms with Gasteiger partial charge in [-0.15, -0.1) is 0 Å². The van der Waals surface area contributed by atoms with Crippen LogP contribution in [0.25, 0.3) is 0 Å². The monoisotopic (exact) mass is 474 g/mol. The molecule has 2 aliphatic heterocycles. The molecule has 2 bridgehead atoms. The highest BCUT2D eigenvalue weighted by Gasteiger charge is 2.76. The van der Waals surface area contributed by atoms with Crippen LogP contribution >= 0.6 is 0 Å². The largest absolute Gasteiger partial charge is 0.633 e. The number of phenols is 1. The number of amides is 1. The number of carbonyl (C=O) groups is 2. The minimum absolute atomic E-state index is 0.0134. The van der Waals surface area contributed by atoms with Gasteiger partial charge in [0.2, 0.25) is 0 Å². The third kappa shape index (κ3) is 2.68. The van der Waals surface area contributed by atoms with E-state index in [4.69, 9.17) is 4.74 Å². The van der Waals surface area contributed by atoms with E-state index in [1.807, 2.05) is 37.3 Å². The normalized spacial score (nSPS) is 36.3. The summed E-state index contributed by atoms with van der Waals surface area (Å²) in [7, 11) is 0. The first-order valence-electron chi connectivity index (χ1n) is 12.8. The van der Waals surface area contributed by atoms with E-state index in [2.05, 4.69) is 5.32 Å². The lowest BCUT2D eigenvalue weighted by molar-refractivity contribution is -0.920. The average Bonchev–Trinajstić information content (AvgIpc) is 3.56. The van der Waals surface area contributed by atoms with Gasteiger partial charge in [0.05, 0.1) is 18.5 Å². The number of rotatable bonds is 4. The lowest BCUT2D eigenvalue weighted by Gasteiger charge is -2.69. The van der Waals surface area contributed by atoms with Crippen molar-refractivity contribution in [3.05, 3.63) is 63.9 Å². The molecule has 1 saturated heterocycles. The van der Waals surface area contributed by atoms with E-state index in [1.54, 1.807) is 6.07 Å². The van der Waals surface area contributed by atoms with E-state index in [0.29, 0.717) is 49.6 Å². The highest BCUT2D eigenvalue weighted by Crippen LogP contribution is 2.66. The minimum atomic E-state index is -0.922. The van der Waals surface area contributed by atoms with Crippen molar-refractivity contribution in [2.45, 2.75) is 68.5 Å². The first-order valence-corrected chi connectivity index (χ1v) is 12.8. The number of Topliss-reactive ketones (excluding diaryl/α,β-unsaturated/α-hetero) is 1. The molecule has 7 heteroatoms. The van der Waals surface area contributed by atoms with Gasteiger partial charge in [0.15, 0.2) is 23.4 Å². The molecule has 7 nitrogen and oxygen atoms in total. The molecule has 5 aliphatic rings. The van der Waals surface area contributed by atoms with Crippen molar-refractivity contribution in [2.24, 2.45) is 5.92 Å². The number of nitrogens with one attached hydrogen (secondary N) is 1. The number of piperidine rings is 1.